The van der Waals surface area contributed by atoms with Crippen LogP contribution in [-0.4, -0.2) is 41.1 Å². The van der Waals surface area contributed by atoms with Crippen molar-refractivity contribution in [2.24, 2.45) is 0 Å². The van der Waals surface area contributed by atoms with Crippen molar-refractivity contribution < 1.29 is 27.9 Å². The van der Waals surface area contributed by atoms with E-state index in [1.165, 1.54) is 12.1 Å². The Bertz CT molecular complexity index is 939. The Kier molecular flexibility index (Phi) is 6.31. The molecular weight excluding hydrogens is 399 g/mol. The van der Waals surface area contributed by atoms with Crippen molar-refractivity contribution >= 4 is 23.3 Å². The summed E-state index contributed by atoms with van der Waals surface area (Å²) in [5, 5.41) is 14.9. The summed E-state index contributed by atoms with van der Waals surface area (Å²) in [7, 11) is 0. The van der Waals surface area contributed by atoms with Gasteiger partial charge in [-0.15, -0.1) is 0 Å². The minimum Gasteiger partial charge on any atom is -0.393 e. The highest BCUT2D eigenvalue weighted by atomic mass is 19.4. The van der Waals surface area contributed by atoms with E-state index in [0.717, 1.165) is 17.7 Å². The number of urea groups is 1. The Balaban J connectivity index is 1.70. The number of carbonyl (C=O) groups is 2. The van der Waals surface area contributed by atoms with Gasteiger partial charge in [0.1, 0.15) is 0 Å². The van der Waals surface area contributed by atoms with E-state index in [1.54, 1.807) is 30.0 Å². The van der Waals surface area contributed by atoms with Gasteiger partial charge in [0.2, 0.25) is 0 Å². The zero-order chi connectivity index (χ0) is 21.9. The lowest BCUT2D eigenvalue weighted by Gasteiger charge is -2.29. The molecule has 1 heterocycles. The standard InChI is InChI=1S/C21H22F3N3O3/c1-13-5-6-16(12-18(13)26-20(30)27-9-7-17(28)8-10-27)25-19(29)14-3-2-4-15(11-14)21(22,23)24/h2-6,11-12,17,28H,7-10H2,1H3,(H,25,29)(H,26,30). The second-order valence-corrected chi connectivity index (χ2v) is 7.21. The number of anilines is 2. The van der Waals surface area contributed by atoms with Gasteiger partial charge in [0, 0.05) is 30.0 Å². The van der Waals surface area contributed by atoms with Crippen LogP contribution >= 0.6 is 0 Å². The van der Waals surface area contributed by atoms with Gasteiger partial charge in [-0.25, -0.2) is 4.79 Å². The van der Waals surface area contributed by atoms with Gasteiger partial charge in [-0.1, -0.05) is 12.1 Å². The number of likely N-dealkylation sites (tertiary alicyclic amines) is 1. The molecule has 9 heteroatoms. The highest BCUT2D eigenvalue weighted by Gasteiger charge is 2.31. The molecule has 1 saturated heterocycles. The number of nitrogens with zero attached hydrogens (tertiary/aromatic N) is 1. The molecule has 30 heavy (non-hydrogen) atoms. The maximum absolute atomic E-state index is 12.9. The van der Waals surface area contributed by atoms with E-state index < -0.39 is 23.8 Å². The SMILES string of the molecule is Cc1ccc(NC(=O)c2cccc(C(F)(F)F)c2)cc1NC(=O)N1CCC(O)CC1. The van der Waals surface area contributed by atoms with Crippen LogP contribution in [0.1, 0.15) is 34.3 Å². The zero-order valence-corrected chi connectivity index (χ0v) is 16.3. The molecule has 3 N–H and O–H groups in total. The number of aliphatic hydroxyl groups is 1. The van der Waals surface area contributed by atoms with Crippen LogP contribution in [0.2, 0.25) is 0 Å². The summed E-state index contributed by atoms with van der Waals surface area (Å²) < 4.78 is 38.6. The van der Waals surface area contributed by atoms with Crippen molar-refractivity contribution in [3.8, 4) is 0 Å². The normalized spacial score (nSPS) is 15.0. The topological polar surface area (TPSA) is 81.7 Å². The van der Waals surface area contributed by atoms with Crippen molar-refractivity contribution in [3.05, 3.63) is 59.2 Å². The molecule has 2 aromatic rings. The second kappa shape index (κ2) is 8.74. The number of carbonyl (C=O) groups excluding carboxylic acids is 2. The molecule has 0 bridgehead atoms. The third-order valence-electron chi connectivity index (χ3n) is 4.94. The summed E-state index contributed by atoms with van der Waals surface area (Å²) in [5.74, 6) is -0.688. The van der Waals surface area contributed by atoms with Crippen LogP contribution in [0.15, 0.2) is 42.5 Å². The van der Waals surface area contributed by atoms with Crippen LogP contribution in [0.4, 0.5) is 29.3 Å². The first-order chi connectivity index (χ1) is 14.1. The highest BCUT2D eigenvalue weighted by molar-refractivity contribution is 6.05. The van der Waals surface area contributed by atoms with E-state index in [9.17, 15) is 27.9 Å². The van der Waals surface area contributed by atoms with E-state index in [1.807, 2.05) is 0 Å². The van der Waals surface area contributed by atoms with Gasteiger partial charge in [-0.3, -0.25) is 4.79 Å². The average Bonchev–Trinajstić information content (AvgIpc) is 2.70. The van der Waals surface area contributed by atoms with Crippen LogP contribution in [-0.2, 0) is 6.18 Å². The number of hydrogen-bond acceptors (Lipinski definition) is 3. The van der Waals surface area contributed by atoms with Crippen molar-refractivity contribution in [1.29, 1.82) is 0 Å². The minimum atomic E-state index is -4.54. The number of aryl methyl sites for hydroxylation is 1. The van der Waals surface area contributed by atoms with Gasteiger partial charge < -0.3 is 20.6 Å². The Morgan fingerprint density at radius 2 is 1.77 bits per heavy atom. The van der Waals surface area contributed by atoms with E-state index in [-0.39, 0.29) is 11.6 Å². The Labute approximate surface area is 171 Å². The van der Waals surface area contributed by atoms with E-state index >= 15 is 0 Å². The minimum absolute atomic E-state index is 0.122. The molecule has 0 aliphatic carbocycles. The zero-order valence-electron chi connectivity index (χ0n) is 16.3. The number of nitrogens with one attached hydrogen (secondary N) is 2. The fourth-order valence-corrected chi connectivity index (χ4v) is 3.14. The maximum Gasteiger partial charge on any atom is 0.416 e. The summed E-state index contributed by atoms with van der Waals surface area (Å²) in [6.07, 6.45) is -3.91. The first kappa shape index (κ1) is 21.6. The number of amides is 3. The second-order valence-electron chi connectivity index (χ2n) is 7.21. The summed E-state index contributed by atoms with van der Waals surface area (Å²) in [6, 6.07) is 8.70. The van der Waals surface area contributed by atoms with E-state index in [2.05, 4.69) is 10.6 Å². The summed E-state index contributed by atoms with van der Waals surface area (Å²) in [5.41, 5.74) is 0.555. The van der Waals surface area contributed by atoms with Crippen molar-refractivity contribution in [3.63, 3.8) is 0 Å². The molecule has 1 aliphatic rings. The van der Waals surface area contributed by atoms with Gasteiger partial charge >= 0.3 is 12.2 Å². The molecule has 0 saturated carbocycles. The van der Waals surface area contributed by atoms with Gasteiger partial charge in [0.25, 0.3) is 5.91 Å². The quantitative estimate of drug-likeness (QED) is 0.693. The van der Waals surface area contributed by atoms with Crippen molar-refractivity contribution in [2.75, 3.05) is 23.7 Å². The van der Waals surface area contributed by atoms with E-state index in [0.29, 0.717) is 37.3 Å². The van der Waals surface area contributed by atoms with Crippen molar-refractivity contribution in [2.45, 2.75) is 32.0 Å². The third-order valence-corrected chi connectivity index (χ3v) is 4.94. The number of alkyl halides is 3. The average molecular weight is 421 g/mol. The lowest BCUT2D eigenvalue weighted by atomic mass is 10.1. The number of halogens is 3. The Morgan fingerprint density at radius 3 is 2.43 bits per heavy atom. The molecule has 0 unspecified atom stereocenters. The first-order valence-electron chi connectivity index (χ1n) is 9.47. The molecule has 1 aliphatic heterocycles. The lowest BCUT2D eigenvalue weighted by molar-refractivity contribution is -0.137. The number of benzene rings is 2. The summed E-state index contributed by atoms with van der Waals surface area (Å²) in [4.78, 5) is 26.4. The van der Waals surface area contributed by atoms with Gasteiger partial charge in [-0.05, 0) is 55.7 Å². The summed E-state index contributed by atoms with van der Waals surface area (Å²) in [6.45, 7) is 2.67. The van der Waals surface area contributed by atoms with Crippen LogP contribution in [0, 0.1) is 6.92 Å². The van der Waals surface area contributed by atoms with Gasteiger partial charge in [0.05, 0.1) is 11.7 Å². The third kappa shape index (κ3) is 5.29. The number of aliphatic hydroxyl groups excluding tert-OH is 1. The molecule has 0 atom stereocenters. The largest absolute Gasteiger partial charge is 0.416 e. The smallest absolute Gasteiger partial charge is 0.393 e. The molecule has 3 amide bonds. The van der Waals surface area contributed by atoms with Crippen molar-refractivity contribution in [1.82, 2.24) is 4.90 Å². The van der Waals surface area contributed by atoms with Crippen LogP contribution in [0.3, 0.4) is 0 Å². The number of hydrogen-bond donors (Lipinski definition) is 3. The summed E-state index contributed by atoms with van der Waals surface area (Å²) >= 11 is 0. The molecule has 3 rings (SSSR count). The van der Waals surface area contributed by atoms with Crippen LogP contribution in [0.5, 0.6) is 0 Å². The monoisotopic (exact) mass is 421 g/mol. The molecule has 6 nitrogen and oxygen atoms in total. The molecule has 1 fully saturated rings. The lowest BCUT2D eigenvalue weighted by Crippen LogP contribution is -2.42. The predicted molar refractivity (Wildman–Crippen MR) is 106 cm³/mol. The fourth-order valence-electron chi connectivity index (χ4n) is 3.14. The highest BCUT2D eigenvalue weighted by Crippen LogP contribution is 2.30. The number of piperidine rings is 1. The number of rotatable bonds is 3. The van der Waals surface area contributed by atoms with Gasteiger partial charge in [0.15, 0.2) is 0 Å². The maximum atomic E-state index is 12.9. The Morgan fingerprint density at radius 1 is 1.07 bits per heavy atom. The molecule has 0 radical (unpaired) electrons. The molecule has 0 spiro atoms. The fraction of sp³-hybridized carbons (Fsp3) is 0.333. The molecule has 2 aromatic carbocycles. The molecule has 0 aromatic heterocycles. The van der Waals surface area contributed by atoms with Gasteiger partial charge in [-0.2, -0.15) is 13.2 Å². The van der Waals surface area contributed by atoms with E-state index in [4.69, 9.17) is 0 Å². The molecular formula is C21H22F3N3O3. The van der Waals surface area contributed by atoms with Crippen LogP contribution < -0.4 is 10.6 Å². The first-order valence-corrected chi connectivity index (χ1v) is 9.47. The Hall–Kier alpha value is -3.07. The van der Waals surface area contributed by atoms with Crippen LogP contribution in [0.25, 0.3) is 0 Å². The molecule has 160 valence electrons. The predicted octanol–water partition coefficient (Wildman–Crippen LogP) is 4.25.